The SMILES string of the molecule is CC.COc1cc(NSc2ccc(C(C)=O)cc2)nc(OC)n1. The molecule has 0 aliphatic heterocycles. The number of ketones is 1. The van der Waals surface area contributed by atoms with Crippen LogP contribution in [0, 0.1) is 0 Å². The number of hydrogen-bond acceptors (Lipinski definition) is 7. The average Bonchev–Trinajstić information content (AvgIpc) is 2.61. The van der Waals surface area contributed by atoms with E-state index in [1.807, 2.05) is 26.0 Å². The molecule has 0 bridgehead atoms. The average molecular weight is 335 g/mol. The van der Waals surface area contributed by atoms with Gasteiger partial charge in [-0.05, 0) is 31.0 Å². The molecule has 0 amide bonds. The predicted octanol–water partition coefficient (Wildman–Crippen LogP) is 3.84. The Kier molecular flexibility index (Phi) is 7.90. The number of nitrogens with zero attached hydrogens (tertiary/aromatic N) is 2. The lowest BCUT2D eigenvalue weighted by atomic mass is 10.2. The molecule has 1 aromatic heterocycles. The normalized spacial score (nSPS) is 9.43. The van der Waals surface area contributed by atoms with E-state index in [9.17, 15) is 4.79 Å². The molecule has 1 aromatic carbocycles. The van der Waals surface area contributed by atoms with Crippen molar-refractivity contribution in [2.24, 2.45) is 0 Å². The number of benzene rings is 1. The third-order valence-electron chi connectivity index (χ3n) is 2.61. The summed E-state index contributed by atoms with van der Waals surface area (Å²) in [6.45, 7) is 5.54. The molecule has 2 aromatic rings. The Morgan fingerprint density at radius 3 is 2.26 bits per heavy atom. The molecule has 2 rings (SSSR count). The van der Waals surface area contributed by atoms with Gasteiger partial charge in [0.2, 0.25) is 5.88 Å². The van der Waals surface area contributed by atoms with Crippen molar-refractivity contribution in [3.8, 4) is 11.9 Å². The number of ether oxygens (including phenoxy) is 2. The molecular weight excluding hydrogens is 314 g/mol. The summed E-state index contributed by atoms with van der Waals surface area (Å²) >= 11 is 1.37. The first-order chi connectivity index (χ1) is 11.1. The summed E-state index contributed by atoms with van der Waals surface area (Å²) < 4.78 is 13.2. The molecule has 124 valence electrons. The lowest BCUT2D eigenvalue weighted by molar-refractivity contribution is 0.101. The van der Waals surface area contributed by atoms with Crippen LogP contribution < -0.4 is 14.2 Å². The first-order valence-electron chi connectivity index (χ1n) is 7.13. The molecule has 7 heteroatoms. The van der Waals surface area contributed by atoms with Gasteiger partial charge in [-0.1, -0.05) is 26.0 Å². The van der Waals surface area contributed by atoms with Gasteiger partial charge in [0.1, 0.15) is 5.82 Å². The number of anilines is 1. The highest BCUT2D eigenvalue weighted by Crippen LogP contribution is 2.24. The van der Waals surface area contributed by atoms with Gasteiger partial charge < -0.3 is 14.2 Å². The summed E-state index contributed by atoms with van der Waals surface area (Å²) in [6, 6.07) is 9.19. The fourth-order valence-electron chi connectivity index (χ4n) is 1.52. The molecule has 0 saturated carbocycles. The minimum Gasteiger partial charge on any atom is -0.481 e. The first kappa shape index (κ1) is 18.8. The van der Waals surface area contributed by atoms with Crippen molar-refractivity contribution in [2.75, 3.05) is 18.9 Å². The van der Waals surface area contributed by atoms with E-state index in [-0.39, 0.29) is 11.8 Å². The molecular formula is C16H21N3O3S. The highest BCUT2D eigenvalue weighted by atomic mass is 32.2. The molecule has 0 saturated heterocycles. The van der Waals surface area contributed by atoms with Gasteiger partial charge >= 0.3 is 6.01 Å². The number of Topliss-reactive ketones (excluding diaryl/α,β-unsaturated/α-hetero) is 1. The second-order valence-electron chi connectivity index (χ2n) is 4.07. The molecule has 0 radical (unpaired) electrons. The number of carbonyl (C=O) groups excluding carboxylic acids is 1. The van der Waals surface area contributed by atoms with Crippen molar-refractivity contribution in [3.05, 3.63) is 35.9 Å². The fraction of sp³-hybridized carbons (Fsp3) is 0.312. The van der Waals surface area contributed by atoms with Crippen LogP contribution in [0.1, 0.15) is 31.1 Å². The minimum atomic E-state index is 0.0461. The monoisotopic (exact) mass is 335 g/mol. The van der Waals surface area contributed by atoms with E-state index in [4.69, 9.17) is 9.47 Å². The van der Waals surface area contributed by atoms with Gasteiger partial charge in [-0.15, -0.1) is 0 Å². The number of rotatable bonds is 6. The molecule has 0 aliphatic carbocycles. The van der Waals surface area contributed by atoms with Gasteiger partial charge in [0, 0.05) is 16.5 Å². The van der Waals surface area contributed by atoms with E-state index >= 15 is 0 Å². The lowest BCUT2D eigenvalue weighted by Gasteiger charge is -2.08. The van der Waals surface area contributed by atoms with Crippen LogP contribution in [0.5, 0.6) is 11.9 Å². The van der Waals surface area contributed by atoms with Crippen LogP contribution in [0.3, 0.4) is 0 Å². The van der Waals surface area contributed by atoms with Gasteiger partial charge in [-0.2, -0.15) is 9.97 Å². The largest absolute Gasteiger partial charge is 0.481 e. The summed E-state index contributed by atoms with van der Waals surface area (Å²) in [5, 5.41) is 0. The Morgan fingerprint density at radius 1 is 1.09 bits per heavy atom. The Balaban J connectivity index is 0.00000127. The first-order valence-corrected chi connectivity index (χ1v) is 7.95. The number of hydrogen-bond donors (Lipinski definition) is 1. The van der Waals surface area contributed by atoms with Gasteiger partial charge in [0.25, 0.3) is 0 Å². The van der Waals surface area contributed by atoms with Crippen LogP contribution in [0.25, 0.3) is 0 Å². The Bertz CT molecular complexity index is 611. The minimum absolute atomic E-state index is 0.0461. The van der Waals surface area contributed by atoms with Crippen molar-refractivity contribution in [1.82, 2.24) is 9.97 Å². The smallest absolute Gasteiger partial charge is 0.321 e. The van der Waals surface area contributed by atoms with E-state index in [1.165, 1.54) is 26.2 Å². The number of methoxy groups -OCH3 is 2. The summed E-state index contributed by atoms with van der Waals surface area (Å²) in [5.74, 6) is 1.03. The van der Waals surface area contributed by atoms with Crippen LogP contribution in [0.2, 0.25) is 0 Å². The summed E-state index contributed by atoms with van der Waals surface area (Å²) in [6.07, 6.45) is 0. The predicted molar refractivity (Wildman–Crippen MR) is 92.4 cm³/mol. The van der Waals surface area contributed by atoms with Crippen LogP contribution in [-0.4, -0.2) is 30.0 Å². The maximum atomic E-state index is 11.2. The van der Waals surface area contributed by atoms with E-state index in [2.05, 4.69) is 14.7 Å². The fourth-order valence-corrected chi connectivity index (χ4v) is 2.12. The standard InChI is InChI=1S/C14H15N3O3S.C2H6/c1-9(18)10-4-6-11(7-5-10)21-17-12-8-13(19-2)16-14(15-12)20-3;1-2/h4-8H,1-3H3,(H,15,16,17);1-2H3. The maximum Gasteiger partial charge on any atom is 0.321 e. The van der Waals surface area contributed by atoms with Gasteiger partial charge in [-0.3, -0.25) is 4.79 Å². The third kappa shape index (κ3) is 5.78. The topological polar surface area (TPSA) is 73.3 Å². The van der Waals surface area contributed by atoms with Crippen LogP contribution in [0.15, 0.2) is 35.2 Å². The van der Waals surface area contributed by atoms with E-state index < -0.39 is 0 Å². The summed E-state index contributed by atoms with van der Waals surface area (Å²) in [4.78, 5) is 20.3. The second kappa shape index (κ2) is 9.68. The van der Waals surface area contributed by atoms with E-state index in [0.717, 1.165) is 4.90 Å². The van der Waals surface area contributed by atoms with Crippen molar-refractivity contribution >= 4 is 23.5 Å². The lowest BCUT2D eigenvalue weighted by Crippen LogP contribution is -1.99. The number of nitrogens with one attached hydrogen (secondary N) is 1. The molecule has 0 unspecified atom stereocenters. The molecule has 23 heavy (non-hydrogen) atoms. The molecule has 1 N–H and O–H groups in total. The molecule has 1 heterocycles. The van der Waals surface area contributed by atoms with Crippen molar-refractivity contribution < 1.29 is 14.3 Å². The highest BCUT2D eigenvalue weighted by Gasteiger charge is 2.06. The molecule has 0 fully saturated rings. The quantitative estimate of drug-likeness (QED) is 0.635. The number of aromatic nitrogens is 2. The molecule has 6 nitrogen and oxygen atoms in total. The molecule has 0 aliphatic rings. The number of carbonyl (C=O) groups is 1. The summed E-state index contributed by atoms with van der Waals surface area (Å²) in [5.41, 5.74) is 0.685. The molecule has 0 spiro atoms. The van der Waals surface area contributed by atoms with Crippen molar-refractivity contribution in [3.63, 3.8) is 0 Å². The van der Waals surface area contributed by atoms with Crippen molar-refractivity contribution in [2.45, 2.75) is 25.7 Å². The van der Waals surface area contributed by atoms with Crippen LogP contribution in [0.4, 0.5) is 5.82 Å². The zero-order valence-electron chi connectivity index (χ0n) is 13.9. The van der Waals surface area contributed by atoms with Gasteiger partial charge in [0.15, 0.2) is 5.78 Å². The Hall–Kier alpha value is -2.28. The van der Waals surface area contributed by atoms with Gasteiger partial charge in [0.05, 0.1) is 14.2 Å². The zero-order chi connectivity index (χ0) is 17.2. The highest BCUT2D eigenvalue weighted by molar-refractivity contribution is 8.00. The Morgan fingerprint density at radius 2 is 1.74 bits per heavy atom. The summed E-state index contributed by atoms with van der Waals surface area (Å²) in [7, 11) is 3.02. The Labute approximate surface area is 140 Å². The van der Waals surface area contributed by atoms with Gasteiger partial charge in [-0.25, -0.2) is 0 Å². The zero-order valence-corrected chi connectivity index (χ0v) is 14.7. The van der Waals surface area contributed by atoms with E-state index in [1.54, 1.807) is 25.1 Å². The van der Waals surface area contributed by atoms with E-state index in [0.29, 0.717) is 17.3 Å². The second-order valence-corrected chi connectivity index (χ2v) is 4.95. The van der Waals surface area contributed by atoms with Crippen LogP contribution >= 0.6 is 11.9 Å². The third-order valence-corrected chi connectivity index (χ3v) is 3.43. The maximum absolute atomic E-state index is 11.2. The molecule has 0 atom stereocenters. The van der Waals surface area contributed by atoms with Crippen molar-refractivity contribution in [1.29, 1.82) is 0 Å². The van der Waals surface area contributed by atoms with Crippen LogP contribution in [-0.2, 0) is 0 Å².